The predicted molar refractivity (Wildman–Crippen MR) is 81.9 cm³/mol. The number of amides is 1. The fourth-order valence-corrected chi connectivity index (χ4v) is 2.07. The SMILES string of the molecule is CC[C@@H](N[C@@H](C)C(=O)NC(C)C)c1ccc(OC)cc1. The van der Waals surface area contributed by atoms with Crippen LogP contribution in [0.15, 0.2) is 24.3 Å². The van der Waals surface area contributed by atoms with Gasteiger partial charge < -0.3 is 10.1 Å². The van der Waals surface area contributed by atoms with Crippen LogP contribution in [0.3, 0.4) is 0 Å². The van der Waals surface area contributed by atoms with Crippen LogP contribution < -0.4 is 15.4 Å². The summed E-state index contributed by atoms with van der Waals surface area (Å²) in [5.74, 6) is 0.876. The molecule has 4 nitrogen and oxygen atoms in total. The van der Waals surface area contributed by atoms with Crippen molar-refractivity contribution in [3.63, 3.8) is 0 Å². The molecule has 0 saturated heterocycles. The first-order valence-electron chi connectivity index (χ1n) is 7.18. The Balaban J connectivity index is 2.68. The Morgan fingerprint density at radius 1 is 1.20 bits per heavy atom. The highest BCUT2D eigenvalue weighted by Gasteiger charge is 2.18. The number of rotatable bonds is 7. The number of ether oxygens (including phenoxy) is 1. The number of benzene rings is 1. The molecule has 1 aromatic carbocycles. The first-order chi connectivity index (χ1) is 9.47. The Labute approximate surface area is 121 Å². The summed E-state index contributed by atoms with van der Waals surface area (Å²) in [4.78, 5) is 11.9. The smallest absolute Gasteiger partial charge is 0.237 e. The standard InChI is InChI=1S/C16H26N2O2/c1-6-15(13-7-9-14(20-5)10-8-13)18-12(4)16(19)17-11(2)3/h7-12,15,18H,6H2,1-5H3,(H,17,19)/t12-,15+/m0/s1. The molecule has 2 atom stereocenters. The van der Waals surface area contributed by atoms with E-state index in [4.69, 9.17) is 4.74 Å². The van der Waals surface area contributed by atoms with Crippen molar-refractivity contribution >= 4 is 5.91 Å². The van der Waals surface area contributed by atoms with Gasteiger partial charge in [-0.05, 0) is 44.9 Å². The largest absolute Gasteiger partial charge is 0.497 e. The molecule has 0 heterocycles. The van der Waals surface area contributed by atoms with E-state index in [0.29, 0.717) is 0 Å². The van der Waals surface area contributed by atoms with Crippen molar-refractivity contribution in [3.05, 3.63) is 29.8 Å². The van der Waals surface area contributed by atoms with Gasteiger partial charge in [0.25, 0.3) is 0 Å². The van der Waals surface area contributed by atoms with Gasteiger partial charge >= 0.3 is 0 Å². The minimum absolute atomic E-state index is 0.0342. The van der Waals surface area contributed by atoms with Crippen molar-refractivity contribution in [2.45, 2.75) is 52.2 Å². The summed E-state index contributed by atoms with van der Waals surface area (Å²) in [6.07, 6.45) is 0.922. The summed E-state index contributed by atoms with van der Waals surface area (Å²) in [6.45, 7) is 7.93. The van der Waals surface area contributed by atoms with Gasteiger partial charge in [0.15, 0.2) is 0 Å². The van der Waals surface area contributed by atoms with E-state index in [2.05, 4.69) is 17.6 Å². The molecular formula is C16H26N2O2. The molecule has 1 rings (SSSR count). The van der Waals surface area contributed by atoms with Crippen LogP contribution in [0.5, 0.6) is 5.75 Å². The van der Waals surface area contributed by atoms with Gasteiger partial charge in [-0.15, -0.1) is 0 Å². The molecule has 1 amide bonds. The first kappa shape index (κ1) is 16.5. The summed E-state index contributed by atoms with van der Waals surface area (Å²) < 4.78 is 5.16. The Hall–Kier alpha value is -1.55. The normalized spacial score (nSPS) is 13.9. The highest BCUT2D eigenvalue weighted by molar-refractivity contribution is 5.81. The molecule has 0 unspecified atom stereocenters. The van der Waals surface area contributed by atoms with Gasteiger partial charge in [-0.1, -0.05) is 19.1 Å². The fraction of sp³-hybridized carbons (Fsp3) is 0.562. The molecule has 20 heavy (non-hydrogen) atoms. The monoisotopic (exact) mass is 278 g/mol. The molecule has 0 spiro atoms. The second-order valence-corrected chi connectivity index (χ2v) is 5.29. The lowest BCUT2D eigenvalue weighted by molar-refractivity contribution is -0.123. The number of hydrogen-bond donors (Lipinski definition) is 2. The van der Waals surface area contributed by atoms with Crippen molar-refractivity contribution in [2.24, 2.45) is 0 Å². The number of carbonyl (C=O) groups excluding carboxylic acids is 1. The molecule has 0 aliphatic rings. The second kappa shape index (κ2) is 7.90. The van der Waals surface area contributed by atoms with Crippen molar-refractivity contribution < 1.29 is 9.53 Å². The van der Waals surface area contributed by atoms with E-state index >= 15 is 0 Å². The first-order valence-corrected chi connectivity index (χ1v) is 7.18. The highest BCUT2D eigenvalue weighted by atomic mass is 16.5. The van der Waals surface area contributed by atoms with E-state index in [9.17, 15) is 4.79 Å². The van der Waals surface area contributed by atoms with Crippen LogP contribution in [0.25, 0.3) is 0 Å². The summed E-state index contributed by atoms with van der Waals surface area (Å²) in [7, 11) is 1.66. The summed E-state index contributed by atoms with van der Waals surface area (Å²) in [5.41, 5.74) is 1.16. The lowest BCUT2D eigenvalue weighted by Gasteiger charge is -2.23. The second-order valence-electron chi connectivity index (χ2n) is 5.29. The van der Waals surface area contributed by atoms with Crippen LogP contribution in [-0.2, 0) is 4.79 Å². The van der Waals surface area contributed by atoms with Crippen LogP contribution in [0, 0.1) is 0 Å². The third kappa shape index (κ3) is 4.85. The summed E-state index contributed by atoms with van der Waals surface area (Å²) >= 11 is 0. The maximum absolute atomic E-state index is 11.9. The molecule has 0 bridgehead atoms. The Morgan fingerprint density at radius 2 is 1.80 bits per heavy atom. The maximum Gasteiger partial charge on any atom is 0.237 e. The predicted octanol–water partition coefficient (Wildman–Crippen LogP) is 2.65. The van der Waals surface area contributed by atoms with Gasteiger partial charge in [0, 0.05) is 12.1 Å². The van der Waals surface area contributed by atoms with Crippen molar-refractivity contribution in [3.8, 4) is 5.75 Å². The quantitative estimate of drug-likeness (QED) is 0.806. The molecule has 1 aromatic rings. The van der Waals surface area contributed by atoms with Crippen LogP contribution in [0.1, 0.15) is 45.7 Å². The zero-order chi connectivity index (χ0) is 15.1. The zero-order valence-corrected chi connectivity index (χ0v) is 13.1. The van der Waals surface area contributed by atoms with E-state index in [-0.39, 0.29) is 24.0 Å². The highest BCUT2D eigenvalue weighted by Crippen LogP contribution is 2.20. The molecule has 0 aromatic heterocycles. The zero-order valence-electron chi connectivity index (χ0n) is 13.1. The topological polar surface area (TPSA) is 50.4 Å². The van der Waals surface area contributed by atoms with E-state index in [1.807, 2.05) is 45.0 Å². The van der Waals surface area contributed by atoms with Crippen molar-refractivity contribution in [2.75, 3.05) is 7.11 Å². The Bertz CT molecular complexity index is 415. The third-order valence-corrected chi connectivity index (χ3v) is 3.20. The molecule has 112 valence electrons. The van der Waals surface area contributed by atoms with Crippen molar-refractivity contribution in [1.29, 1.82) is 0 Å². The minimum Gasteiger partial charge on any atom is -0.497 e. The number of methoxy groups -OCH3 is 1. The van der Waals surface area contributed by atoms with Gasteiger partial charge in [0.05, 0.1) is 13.2 Å². The number of carbonyl (C=O) groups is 1. The molecular weight excluding hydrogens is 252 g/mol. The van der Waals surface area contributed by atoms with E-state index in [0.717, 1.165) is 17.7 Å². The Morgan fingerprint density at radius 3 is 2.25 bits per heavy atom. The van der Waals surface area contributed by atoms with Gasteiger partial charge in [-0.2, -0.15) is 0 Å². The molecule has 0 saturated carbocycles. The maximum atomic E-state index is 11.9. The fourth-order valence-electron chi connectivity index (χ4n) is 2.07. The van der Waals surface area contributed by atoms with Crippen LogP contribution >= 0.6 is 0 Å². The van der Waals surface area contributed by atoms with Gasteiger partial charge in [-0.3, -0.25) is 10.1 Å². The lowest BCUT2D eigenvalue weighted by Crippen LogP contribution is -2.45. The molecule has 0 aliphatic heterocycles. The molecule has 4 heteroatoms. The van der Waals surface area contributed by atoms with Gasteiger partial charge in [0.2, 0.25) is 5.91 Å². The average Bonchev–Trinajstić information content (AvgIpc) is 2.43. The molecule has 0 fully saturated rings. The molecule has 0 radical (unpaired) electrons. The number of hydrogen-bond acceptors (Lipinski definition) is 3. The molecule has 0 aliphatic carbocycles. The van der Waals surface area contributed by atoms with Crippen LogP contribution in [-0.4, -0.2) is 25.1 Å². The number of nitrogens with one attached hydrogen (secondary N) is 2. The summed E-state index contributed by atoms with van der Waals surface area (Å²) in [5, 5.41) is 6.29. The average molecular weight is 278 g/mol. The van der Waals surface area contributed by atoms with E-state index in [1.54, 1.807) is 7.11 Å². The molecule has 2 N–H and O–H groups in total. The van der Waals surface area contributed by atoms with Crippen LogP contribution in [0.4, 0.5) is 0 Å². The third-order valence-electron chi connectivity index (χ3n) is 3.20. The van der Waals surface area contributed by atoms with Gasteiger partial charge in [0.1, 0.15) is 5.75 Å². The van der Waals surface area contributed by atoms with E-state index in [1.165, 1.54) is 0 Å². The lowest BCUT2D eigenvalue weighted by atomic mass is 10.0. The van der Waals surface area contributed by atoms with Gasteiger partial charge in [-0.25, -0.2) is 0 Å². The summed E-state index contributed by atoms with van der Waals surface area (Å²) in [6, 6.07) is 8.06. The Kier molecular flexibility index (Phi) is 6.52. The van der Waals surface area contributed by atoms with Crippen molar-refractivity contribution in [1.82, 2.24) is 10.6 Å². The van der Waals surface area contributed by atoms with E-state index < -0.39 is 0 Å². The van der Waals surface area contributed by atoms with Crippen LogP contribution in [0.2, 0.25) is 0 Å². The minimum atomic E-state index is -0.218.